The number of esters is 2. The van der Waals surface area contributed by atoms with Gasteiger partial charge in [0.25, 0.3) is 7.82 Å². The van der Waals surface area contributed by atoms with Crippen molar-refractivity contribution in [1.29, 1.82) is 0 Å². The normalized spacial score (nSPS) is 13.2. The number of phosphoric ester groups is 1. The van der Waals surface area contributed by atoms with Crippen LogP contribution in [0.1, 0.15) is 450 Å². The molecule has 0 aromatic carbocycles. The molecule has 98 heavy (non-hydrogen) atoms. The standard InChI is InChI=1S/C88H168NO8P/c1-6-8-10-12-14-16-18-20-22-24-26-28-30-32-34-36-38-40-42-43-44-45-47-49-51-53-55-57-59-61-63-65-67-69-71-73-75-77-79-81-88(91)97-86(85-96-98(92,93)95-83-82-89(3,4)5)84-94-87(90)80-78-76-74-72-70-68-66-64-62-60-58-56-54-52-50-48-46-41-39-37-35-33-31-29-27-25-23-21-19-17-15-13-11-9-7-2/h18,20,24-27,30,32,86H,6-17,19,21-23,28-29,31,33-85H2,1-5H3/b20-18-,26-24-,27-25-,32-30-. The maximum absolute atomic E-state index is 12.9. The Bertz CT molecular complexity index is 1790. The highest BCUT2D eigenvalue weighted by molar-refractivity contribution is 7.45. The first-order valence-electron chi connectivity index (χ1n) is 43.3. The molecule has 0 radical (unpaired) electrons. The lowest BCUT2D eigenvalue weighted by Crippen LogP contribution is -2.37. The maximum Gasteiger partial charge on any atom is 0.306 e. The van der Waals surface area contributed by atoms with Crippen LogP contribution in [0.4, 0.5) is 0 Å². The van der Waals surface area contributed by atoms with Crippen LogP contribution >= 0.6 is 7.82 Å². The van der Waals surface area contributed by atoms with E-state index in [1.165, 1.54) is 372 Å². The Kier molecular flexibility index (Phi) is 77.5. The fraction of sp³-hybridized carbons (Fsp3) is 0.886. The SMILES string of the molecule is CCCCCCC/C=C\C/C=C\C/C=C\CCCCCCCCCCCCCCCCCCCCCCCCCCC(=O)OC(COC(=O)CCCCCCCCCCCCCCCCCCCCCCCCC/C=C\CCCCCCCCCC)COP(=O)([O-])OCC[N+](C)(C)C. The van der Waals surface area contributed by atoms with E-state index in [0.717, 1.165) is 44.9 Å². The monoisotopic (exact) mass is 1400 g/mol. The lowest BCUT2D eigenvalue weighted by atomic mass is 10.0. The van der Waals surface area contributed by atoms with Gasteiger partial charge in [0, 0.05) is 12.8 Å². The summed E-state index contributed by atoms with van der Waals surface area (Å²) in [6.07, 6.45) is 106. The Morgan fingerprint density at radius 2 is 0.551 bits per heavy atom. The van der Waals surface area contributed by atoms with Crippen LogP contribution in [0.25, 0.3) is 0 Å². The molecule has 0 N–H and O–H groups in total. The molecule has 2 atom stereocenters. The summed E-state index contributed by atoms with van der Waals surface area (Å²) in [6, 6.07) is 0. The average molecular weight is 1400 g/mol. The van der Waals surface area contributed by atoms with Crippen LogP contribution in [0.5, 0.6) is 0 Å². The van der Waals surface area contributed by atoms with Crippen LogP contribution in [0.15, 0.2) is 48.6 Å². The van der Waals surface area contributed by atoms with Gasteiger partial charge in [-0.3, -0.25) is 14.2 Å². The van der Waals surface area contributed by atoms with Crippen LogP contribution in [0, 0.1) is 0 Å². The van der Waals surface area contributed by atoms with Crippen molar-refractivity contribution in [3.8, 4) is 0 Å². The van der Waals surface area contributed by atoms with Gasteiger partial charge in [-0.1, -0.05) is 409 Å². The summed E-state index contributed by atoms with van der Waals surface area (Å²) in [5, 5.41) is 0. The van der Waals surface area contributed by atoms with Crippen LogP contribution in [-0.4, -0.2) is 70.0 Å². The molecule has 2 unspecified atom stereocenters. The summed E-state index contributed by atoms with van der Waals surface area (Å²) in [5.41, 5.74) is 0. The zero-order valence-corrected chi connectivity index (χ0v) is 67.2. The number of quaternary nitrogens is 1. The molecule has 0 saturated carbocycles. The van der Waals surface area contributed by atoms with E-state index in [1.54, 1.807) is 0 Å². The van der Waals surface area contributed by atoms with E-state index in [4.69, 9.17) is 18.5 Å². The lowest BCUT2D eigenvalue weighted by Gasteiger charge is -2.28. The highest BCUT2D eigenvalue weighted by Gasteiger charge is 2.22. The van der Waals surface area contributed by atoms with Crippen LogP contribution in [0.3, 0.4) is 0 Å². The molecule has 0 aromatic heterocycles. The second-order valence-corrected chi connectivity index (χ2v) is 32.3. The molecule has 0 saturated heterocycles. The number of hydrogen-bond acceptors (Lipinski definition) is 8. The fourth-order valence-corrected chi connectivity index (χ4v) is 13.9. The van der Waals surface area contributed by atoms with Gasteiger partial charge in [0.05, 0.1) is 27.7 Å². The highest BCUT2D eigenvalue weighted by atomic mass is 31.2. The molecule has 0 bridgehead atoms. The first-order valence-corrected chi connectivity index (χ1v) is 44.8. The molecule has 0 heterocycles. The van der Waals surface area contributed by atoms with E-state index in [-0.39, 0.29) is 32.0 Å². The minimum Gasteiger partial charge on any atom is -0.756 e. The molecule has 0 fully saturated rings. The molecule has 578 valence electrons. The summed E-state index contributed by atoms with van der Waals surface area (Å²) in [6.45, 7) is 4.31. The smallest absolute Gasteiger partial charge is 0.306 e. The van der Waals surface area contributed by atoms with Gasteiger partial charge in [-0.2, -0.15) is 0 Å². The summed E-state index contributed by atoms with van der Waals surface area (Å²) < 4.78 is 34.5. The third kappa shape index (κ3) is 82.9. The Morgan fingerprint density at radius 3 is 0.827 bits per heavy atom. The third-order valence-electron chi connectivity index (χ3n) is 19.8. The van der Waals surface area contributed by atoms with Crippen LogP contribution < -0.4 is 4.89 Å². The molecule has 0 aliphatic heterocycles. The summed E-state index contributed by atoms with van der Waals surface area (Å²) in [5.74, 6) is -0.806. The number of carbonyl (C=O) groups is 2. The molecular weight excluding hydrogens is 1230 g/mol. The predicted octanol–water partition coefficient (Wildman–Crippen LogP) is 28.4. The highest BCUT2D eigenvalue weighted by Crippen LogP contribution is 2.38. The number of likely N-dealkylation sites (N-methyl/N-ethyl adjacent to an activating group) is 1. The van der Waals surface area contributed by atoms with Crippen molar-refractivity contribution in [3.05, 3.63) is 48.6 Å². The number of allylic oxidation sites excluding steroid dienone is 8. The van der Waals surface area contributed by atoms with Gasteiger partial charge in [0.2, 0.25) is 0 Å². The minimum absolute atomic E-state index is 0.0274. The Balaban J connectivity index is 3.87. The van der Waals surface area contributed by atoms with Crippen molar-refractivity contribution in [2.45, 2.75) is 457 Å². The number of rotatable bonds is 82. The van der Waals surface area contributed by atoms with Crippen molar-refractivity contribution in [3.63, 3.8) is 0 Å². The Morgan fingerprint density at radius 1 is 0.316 bits per heavy atom. The molecule has 0 aromatic rings. The van der Waals surface area contributed by atoms with Crippen molar-refractivity contribution < 1.29 is 42.1 Å². The molecule has 10 heteroatoms. The number of carbonyl (C=O) groups excluding carboxylic acids is 2. The molecule has 0 aliphatic rings. The summed E-state index contributed by atoms with van der Waals surface area (Å²) in [7, 11) is 1.19. The van der Waals surface area contributed by atoms with E-state index < -0.39 is 26.5 Å². The van der Waals surface area contributed by atoms with E-state index in [1.807, 2.05) is 21.1 Å². The largest absolute Gasteiger partial charge is 0.756 e. The first kappa shape index (κ1) is 96.0. The van der Waals surface area contributed by atoms with Gasteiger partial charge < -0.3 is 27.9 Å². The van der Waals surface area contributed by atoms with Crippen molar-refractivity contribution in [2.75, 3.05) is 47.5 Å². The molecule has 0 spiro atoms. The van der Waals surface area contributed by atoms with Gasteiger partial charge in [-0.15, -0.1) is 0 Å². The Hall–Kier alpha value is -2.03. The van der Waals surface area contributed by atoms with Gasteiger partial charge in [-0.05, 0) is 77.0 Å². The number of hydrogen-bond donors (Lipinski definition) is 0. The quantitative estimate of drug-likeness (QED) is 0.0195. The van der Waals surface area contributed by atoms with Crippen LogP contribution in [0.2, 0.25) is 0 Å². The van der Waals surface area contributed by atoms with Crippen molar-refractivity contribution >= 4 is 19.8 Å². The van der Waals surface area contributed by atoms with Crippen molar-refractivity contribution in [2.24, 2.45) is 0 Å². The topological polar surface area (TPSA) is 111 Å². The zero-order chi connectivity index (χ0) is 71.1. The Labute approximate surface area is 611 Å². The number of unbranched alkanes of at least 4 members (excludes halogenated alkanes) is 60. The number of ether oxygens (including phenoxy) is 2. The van der Waals surface area contributed by atoms with E-state index in [9.17, 15) is 19.0 Å². The van der Waals surface area contributed by atoms with Gasteiger partial charge in [-0.25, -0.2) is 0 Å². The number of phosphoric acid groups is 1. The molecule has 9 nitrogen and oxygen atoms in total. The second kappa shape index (κ2) is 79.1. The molecule has 0 amide bonds. The zero-order valence-electron chi connectivity index (χ0n) is 66.3. The molecule has 0 aliphatic carbocycles. The van der Waals surface area contributed by atoms with Crippen molar-refractivity contribution in [1.82, 2.24) is 0 Å². The summed E-state index contributed by atoms with van der Waals surface area (Å²) in [4.78, 5) is 38.2. The van der Waals surface area contributed by atoms with Gasteiger partial charge >= 0.3 is 11.9 Å². The van der Waals surface area contributed by atoms with Gasteiger partial charge in [0.15, 0.2) is 6.10 Å². The summed E-state index contributed by atoms with van der Waals surface area (Å²) >= 11 is 0. The molecular formula is C88H168NO8P. The van der Waals surface area contributed by atoms with E-state index in [0.29, 0.717) is 17.4 Å². The van der Waals surface area contributed by atoms with E-state index >= 15 is 0 Å². The molecule has 0 rings (SSSR count). The lowest BCUT2D eigenvalue weighted by molar-refractivity contribution is -0.870. The van der Waals surface area contributed by atoms with E-state index in [2.05, 4.69) is 62.5 Å². The predicted molar refractivity (Wildman–Crippen MR) is 425 cm³/mol. The minimum atomic E-state index is -4.64. The first-order chi connectivity index (χ1) is 48.0. The number of nitrogens with zero attached hydrogens (tertiary/aromatic N) is 1. The second-order valence-electron chi connectivity index (χ2n) is 30.9. The average Bonchev–Trinajstić information content (AvgIpc) is 1.23. The third-order valence-corrected chi connectivity index (χ3v) is 20.8. The maximum atomic E-state index is 12.9. The fourth-order valence-electron chi connectivity index (χ4n) is 13.2. The van der Waals surface area contributed by atoms with Gasteiger partial charge in [0.1, 0.15) is 19.8 Å². The van der Waals surface area contributed by atoms with Crippen LogP contribution in [-0.2, 0) is 32.7 Å².